The number of halogens is 1. The Balaban J connectivity index is 1.81. The van der Waals surface area contributed by atoms with Gasteiger partial charge in [-0.05, 0) is 63.2 Å². The van der Waals surface area contributed by atoms with Gasteiger partial charge in [0.05, 0.1) is 11.8 Å². The van der Waals surface area contributed by atoms with Crippen molar-refractivity contribution in [3.8, 4) is 11.3 Å². The lowest BCUT2D eigenvalue weighted by atomic mass is 10.1. The second-order valence-electron chi connectivity index (χ2n) is 5.71. The van der Waals surface area contributed by atoms with Crippen LogP contribution in [-0.2, 0) is 6.42 Å². The van der Waals surface area contributed by atoms with E-state index in [-0.39, 0.29) is 11.9 Å². The van der Waals surface area contributed by atoms with Gasteiger partial charge in [-0.1, -0.05) is 6.92 Å². The van der Waals surface area contributed by atoms with Crippen LogP contribution in [0, 0.1) is 5.82 Å². The summed E-state index contributed by atoms with van der Waals surface area (Å²) in [6.07, 6.45) is 2.44. The zero-order chi connectivity index (χ0) is 15.9. The predicted molar refractivity (Wildman–Crippen MR) is 86.1 cm³/mol. The molecule has 120 valence electrons. The second-order valence-corrected chi connectivity index (χ2v) is 5.71. The van der Waals surface area contributed by atoms with E-state index in [1.807, 2.05) is 20.0 Å². The average Bonchev–Trinajstić information content (AvgIpc) is 2.96. The summed E-state index contributed by atoms with van der Waals surface area (Å²) in [4.78, 5) is 2.14. The molecule has 0 saturated carbocycles. The number of aliphatic hydroxyl groups excluding tert-OH is 1. The zero-order valence-corrected chi connectivity index (χ0v) is 13.2. The van der Waals surface area contributed by atoms with Gasteiger partial charge in [-0.15, -0.1) is 0 Å². The molecule has 0 aliphatic rings. The Morgan fingerprint density at radius 1 is 1.32 bits per heavy atom. The van der Waals surface area contributed by atoms with Crippen molar-refractivity contribution in [3.63, 3.8) is 0 Å². The number of hydrogen-bond acceptors (Lipinski definition) is 3. The zero-order valence-electron chi connectivity index (χ0n) is 13.2. The highest BCUT2D eigenvalue weighted by Gasteiger charge is 2.07. The number of aromatic nitrogens is 2. The Bertz CT molecular complexity index is 568. The summed E-state index contributed by atoms with van der Waals surface area (Å²) in [5.74, 6) is -0.239. The lowest BCUT2D eigenvalue weighted by Gasteiger charge is -2.19. The van der Waals surface area contributed by atoms with Gasteiger partial charge in [0.2, 0.25) is 0 Å². The summed E-state index contributed by atoms with van der Waals surface area (Å²) in [7, 11) is 2.02. The molecule has 0 bridgehead atoms. The third-order valence-corrected chi connectivity index (χ3v) is 3.75. The number of aryl methyl sites for hydroxylation is 1. The summed E-state index contributed by atoms with van der Waals surface area (Å²) in [6.45, 7) is 3.63. The van der Waals surface area contributed by atoms with Crippen molar-refractivity contribution in [3.05, 3.63) is 41.8 Å². The van der Waals surface area contributed by atoms with Crippen molar-refractivity contribution >= 4 is 0 Å². The highest BCUT2D eigenvalue weighted by atomic mass is 19.1. The number of nitrogens with zero attached hydrogens (tertiary/aromatic N) is 2. The van der Waals surface area contributed by atoms with Crippen LogP contribution >= 0.6 is 0 Å². The first kappa shape index (κ1) is 16.6. The van der Waals surface area contributed by atoms with Gasteiger partial charge < -0.3 is 10.0 Å². The molecular weight excluding hydrogens is 281 g/mol. The van der Waals surface area contributed by atoms with Crippen molar-refractivity contribution in [2.24, 2.45) is 0 Å². The minimum absolute atomic E-state index is 0.239. The monoisotopic (exact) mass is 305 g/mol. The van der Waals surface area contributed by atoms with Crippen molar-refractivity contribution in [1.82, 2.24) is 15.1 Å². The summed E-state index contributed by atoms with van der Waals surface area (Å²) in [6, 6.07) is 8.36. The van der Waals surface area contributed by atoms with Gasteiger partial charge in [0.25, 0.3) is 0 Å². The molecule has 1 aromatic carbocycles. The van der Waals surface area contributed by atoms with Gasteiger partial charge in [-0.2, -0.15) is 5.10 Å². The standard InChI is InChI=1S/C17H24FN3O/c1-3-16(22)12-21(2)10-4-5-15-11-17(20-19-15)13-6-8-14(18)9-7-13/h6-9,11,16,22H,3-5,10,12H2,1-2H3,(H,19,20). The number of rotatable bonds is 8. The predicted octanol–water partition coefficient (Wildman–Crippen LogP) is 2.85. The Kier molecular flexibility index (Phi) is 6.10. The molecule has 1 heterocycles. The van der Waals surface area contributed by atoms with E-state index >= 15 is 0 Å². The molecule has 1 atom stereocenters. The van der Waals surface area contributed by atoms with Crippen LogP contribution in [0.5, 0.6) is 0 Å². The van der Waals surface area contributed by atoms with E-state index in [0.29, 0.717) is 6.54 Å². The molecule has 22 heavy (non-hydrogen) atoms. The van der Waals surface area contributed by atoms with Gasteiger partial charge >= 0.3 is 0 Å². The number of H-pyrrole nitrogens is 1. The highest BCUT2D eigenvalue weighted by Crippen LogP contribution is 2.18. The van der Waals surface area contributed by atoms with Crippen LogP contribution < -0.4 is 0 Å². The number of aliphatic hydroxyl groups is 1. The lowest BCUT2D eigenvalue weighted by Crippen LogP contribution is -2.29. The molecule has 0 amide bonds. The summed E-state index contributed by atoms with van der Waals surface area (Å²) < 4.78 is 12.9. The fraction of sp³-hybridized carbons (Fsp3) is 0.471. The van der Waals surface area contributed by atoms with E-state index in [9.17, 15) is 9.50 Å². The Morgan fingerprint density at radius 3 is 2.73 bits per heavy atom. The van der Waals surface area contributed by atoms with E-state index in [1.165, 1.54) is 12.1 Å². The van der Waals surface area contributed by atoms with Gasteiger partial charge in [-0.3, -0.25) is 5.10 Å². The van der Waals surface area contributed by atoms with Crippen molar-refractivity contribution in [2.45, 2.75) is 32.3 Å². The molecule has 1 aromatic heterocycles. The van der Waals surface area contributed by atoms with Gasteiger partial charge in [0, 0.05) is 17.8 Å². The SMILES string of the molecule is CCC(O)CN(C)CCCc1cc(-c2ccc(F)cc2)n[nH]1. The molecule has 2 aromatic rings. The van der Waals surface area contributed by atoms with E-state index in [1.54, 1.807) is 12.1 Å². The van der Waals surface area contributed by atoms with Gasteiger partial charge in [-0.25, -0.2) is 4.39 Å². The normalized spacial score (nSPS) is 12.8. The molecule has 0 aliphatic heterocycles. The van der Waals surface area contributed by atoms with Crippen LogP contribution in [0.4, 0.5) is 4.39 Å². The quantitative estimate of drug-likeness (QED) is 0.788. The number of hydrogen-bond donors (Lipinski definition) is 2. The first-order valence-corrected chi connectivity index (χ1v) is 7.75. The molecule has 2 N–H and O–H groups in total. The van der Waals surface area contributed by atoms with Gasteiger partial charge in [0.15, 0.2) is 0 Å². The highest BCUT2D eigenvalue weighted by molar-refractivity contribution is 5.58. The maximum atomic E-state index is 12.9. The van der Waals surface area contributed by atoms with E-state index < -0.39 is 0 Å². The largest absolute Gasteiger partial charge is 0.392 e. The average molecular weight is 305 g/mol. The summed E-state index contributed by atoms with van der Waals surface area (Å²) in [5.41, 5.74) is 2.82. The Morgan fingerprint density at radius 2 is 2.05 bits per heavy atom. The maximum absolute atomic E-state index is 12.9. The number of benzene rings is 1. The van der Waals surface area contributed by atoms with E-state index in [0.717, 1.165) is 42.8 Å². The van der Waals surface area contributed by atoms with Crippen molar-refractivity contribution < 1.29 is 9.50 Å². The minimum atomic E-state index is -0.248. The molecule has 1 unspecified atom stereocenters. The van der Waals surface area contributed by atoms with Crippen LogP contribution in [0.15, 0.2) is 30.3 Å². The summed E-state index contributed by atoms with van der Waals surface area (Å²) in [5, 5.41) is 16.9. The molecule has 0 radical (unpaired) electrons. The molecule has 0 saturated heterocycles. The number of aromatic amines is 1. The lowest BCUT2D eigenvalue weighted by molar-refractivity contribution is 0.122. The molecule has 2 rings (SSSR count). The van der Waals surface area contributed by atoms with Gasteiger partial charge in [0.1, 0.15) is 5.82 Å². The molecule has 0 spiro atoms. The van der Waals surface area contributed by atoms with Crippen LogP contribution in [0.1, 0.15) is 25.5 Å². The van der Waals surface area contributed by atoms with Crippen molar-refractivity contribution in [1.29, 1.82) is 0 Å². The second kappa shape index (κ2) is 8.06. The van der Waals surface area contributed by atoms with Crippen LogP contribution in [0.2, 0.25) is 0 Å². The topological polar surface area (TPSA) is 52.1 Å². The number of nitrogens with one attached hydrogen (secondary N) is 1. The van der Waals surface area contributed by atoms with Crippen molar-refractivity contribution in [2.75, 3.05) is 20.1 Å². The fourth-order valence-electron chi connectivity index (χ4n) is 2.38. The summed E-state index contributed by atoms with van der Waals surface area (Å²) >= 11 is 0. The van der Waals surface area contributed by atoms with E-state index in [2.05, 4.69) is 15.1 Å². The third kappa shape index (κ3) is 4.93. The molecule has 0 aliphatic carbocycles. The van der Waals surface area contributed by atoms with Crippen LogP contribution in [0.25, 0.3) is 11.3 Å². The van der Waals surface area contributed by atoms with Crippen LogP contribution in [0.3, 0.4) is 0 Å². The molecule has 4 nitrogen and oxygen atoms in total. The maximum Gasteiger partial charge on any atom is 0.123 e. The Hall–Kier alpha value is -1.72. The fourth-order valence-corrected chi connectivity index (χ4v) is 2.38. The smallest absolute Gasteiger partial charge is 0.123 e. The number of likely N-dealkylation sites (N-methyl/N-ethyl adjacent to an activating group) is 1. The molecular formula is C17H24FN3O. The first-order valence-electron chi connectivity index (χ1n) is 7.75. The molecule has 0 fully saturated rings. The third-order valence-electron chi connectivity index (χ3n) is 3.75. The van der Waals surface area contributed by atoms with Crippen LogP contribution in [-0.4, -0.2) is 46.4 Å². The Labute approximate surface area is 131 Å². The molecule has 5 heteroatoms. The van der Waals surface area contributed by atoms with E-state index in [4.69, 9.17) is 0 Å². The first-order chi connectivity index (χ1) is 10.6. The minimum Gasteiger partial charge on any atom is -0.392 e.